The number of amides is 2. The Labute approximate surface area is 153 Å². The summed E-state index contributed by atoms with van der Waals surface area (Å²) in [5, 5.41) is 0. The smallest absolute Gasteiger partial charge is 0.253 e. The normalized spacial score (nSPS) is 14.8. The molecule has 1 fully saturated rings. The van der Waals surface area contributed by atoms with Crippen molar-refractivity contribution >= 4 is 11.8 Å². The Hall–Kier alpha value is -2.69. The Morgan fingerprint density at radius 1 is 0.846 bits per heavy atom. The molecule has 0 bridgehead atoms. The topological polar surface area (TPSA) is 40.6 Å². The zero-order chi connectivity index (χ0) is 18.4. The van der Waals surface area contributed by atoms with Crippen molar-refractivity contribution in [2.45, 2.75) is 19.3 Å². The van der Waals surface area contributed by atoms with Crippen LogP contribution in [0.4, 0.5) is 4.39 Å². The predicted molar refractivity (Wildman–Crippen MR) is 98.3 cm³/mol. The van der Waals surface area contributed by atoms with E-state index in [0.29, 0.717) is 43.7 Å². The highest BCUT2D eigenvalue weighted by atomic mass is 19.1. The molecule has 2 aromatic carbocycles. The van der Waals surface area contributed by atoms with E-state index < -0.39 is 0 Å². The number of carbonyl (C=O) groups is 2. The quantitative estimate of drug-likeness (QED) is 0.846. The van der Waals surface area contributed by atoms with Crippen molar-refractivity contribution in [1.29, 1.82) is 0 Å². The third kappa shape index (κ3) is 4.48. The van der Waals surface area contributed by atoms with Gasteiger partial charge in [0.05, 0.1) is 0 Å². The minimum absolute atomic E-state index is 0.00579. The zero-order valence-corrected chi connectivity index (χ0v) is 14.7. The van der Waals surface area contributed by atoms with Crippen LogP contribution in [0.1, 0.15) is 28.8 Å². The van der Waals surface area contributed by atoms with Gasteiger partial charge in [0.2, 0.25) is 5.91 Å². The molecule has 0 aliphatic carbocycles. The van der Waals surface area contributed by atoms with Crippen LogP contribution < -0.4 is 0 Å². The van der Waals surface area contributed by atoms with Crippen LogP contribution in [0.5, 0.6) is 0 Å². The molecule has 0 N–H and O–H groups in total. The van der Waals surface area contributed by atoms with E-state index in [4.69, 9.17) is 0 Å². The summed E-state index contributed by atoms with van der Waals surface area (Å²) in [7, 11) is 0. The lowest BCUT2D eigenvalue weighted by Gasteiger charge is -2.22. The van der Waals surface area contributed by atoms with Crippen LogP contribution >= 0.6 is 0 Å². The van der Waals surface area contributed by atoms with Gasteiger partial charge in [0.1, 0.15) is 5.82 Å². The van der Waals surface area contributed by atoms with Crippen molar-refractivity contribution in [2.24, 2.45) is 0 Å². The van der Waals surface area contributed by atoms with Gasteiger partial charge in [0.15, 0.2) is 0 Å². The molecule has 4 nitrogen and oxygen atoms in total. The number of nitrogens with zero attached hydrogens (tertiary/aromatic N) is 2. The van der Waals surface area contributed by atoms with E-state index in [2.05, 4.69) is 0 Å². The largest absolute Gasteiger partial charge is 0.341 e. The minimum Gasteiger partial charge on any atom is -0.341 e. The minimum atomic E-state index is -0.268. The SMILES string of the molecule is O=C(CCc1ccccc1F)N1CCCN(C(=O)c2ccccc2)CC1. The first-order valence-electron chi connectivity index (χ1n) is 9.00. The van der Waals surface area contributed by atoms with Gasteiger partial charge in [-0.3, -0.25) is 9.59 Å². The molecule has 2 aromatic rings. The summed E-state index contributed by atoms with van der Waals surface area (Å²) in [6.07, 6.45) is 1.44. The molecule has 1 heterocycles. The van der Waals surface area contributed by atoms with E-state index >= 15 is 0 Å². The zero-order valence-electron chi connectivity index (χ0n) is 14.7. The van der Waals surface area contributed by atoms with E-state index in [1.54, 1.807) is 28.0 Å². The maximum Gasteiger partial charge on any atom is 0.253 e. The van der Waals surface area contributed by atoms with Gasteiger partial charge in [-0.1, -0.05) is 36.4 Å². The number of rotatable bonds is 4. The molecule has 136 valence electrons. The molecule has 3 rings (SSSR count). The fourth-order valence-electron chi connectivity index (χ4n) is 3.23. The molecule has 0 unspecified atom stereocenters. The van der Waals surface area contributed by atoms with Crippen molar-refractivity contribution in [2.75, 3.05) is 26.2 Å². The summed E-state index contributed by atoms with van der Waals surface area (Å²) in [4.78, 5) is 28.6. The first-order valence-corrected chi connectivity index (χ1v) is 9.00. The molecule has 1 aliphatic heterocycles. The number of hydrogen-bond donors (Lipinski definition) is 0. The molecule has 1 aliphatic rings. The van der Waals surface area contributed by atoms with Crippen LogP contribution in [0.2, 0.25) is 0 Å². The summed E-state index contributed by atoms with van der Waals surface area (Å²) in [6, 6.07) is 15.8. The molecular formula is C21H23FN2O2. The van der Waals surface area contributed by atoms with E-state index in [0.717, 1.165) is 6.42 Å². The van der Waals surface area contributed by atoms with Crippen molar-refractivity contribution in [3.8, 4) is 0 Å². The van der Waals surface area contributed by atoms with Gasteiger partial charge in [-0.05, 0) is 36.6 Å². The fraction of sp³-hybridized carbons (Fsp3) is 0.333. The molecule has 0 spiro atoms. The lowest BCUT2D eigenvalue weighted by molar-refractivity contribution is -0.131. The van der Waals surface area contributed by atoms with E-state index in [9.17, 15) is 14.0 Å². The lowest BCUT2D eigenvalue weighted by atomic mass is 10.1. The van der Waals surface area contributed by atoms with E-state index in [1.165, 1.54) is 6.07 Å². The highest BCUT2D eigenvalue weighted by molar-refractivity contribution is 5.94. The average Bonchev–Trinajstić information content (AvgIpc) is 2.93. The molecule has 0 saturated carbocycles. The molecule has 0 atom stereocenters. The van der Waals surface area contributed by atoms with Crippen LogP contribution in [0.15, 0.2) is 54.6 Å². The third-order valence-electron chi connectivity index (χ3n) is 4.72. The number of aryl methyl sites for hydroxylation is 1. The average molecular weight is 354 g/mol. The van der Waals surface area contributed by atoms with Gasteiger partial charge >= 0.3 is 0 Å². The number of carbonyl (C=O) groups excluding carboxylic acids is 2. The summed E-state index contributed by atoms with van der Waals surface area (Å²) in [5.74, 6) is -0.246. The summed E-state index contributed by atoms with van der Waals surface area (Å²) in [5.41, 5.74) is 1.24. The van der Waals surface area contributed by atoms with Gasteiger partial charge in [0, 0.05) is 38.2 Å². The van der Waals surface area contributed by atoms with E-state index in [-0.39, 0.29) is 24.1 Å². The van der Waals surface area contributed by atoms with Crippen LogP contribution in [0.25, 0.3) is 0 Å². The molecule has 0 aromatic heterocycles. The number of halogens is 1. The van der Waals surface area contributed by atoms with Crippen LogP contribution in [0, 0.1) is 5.82 Å². The van der Waals surface area contributed by atoms with Gasteiger partial charge in [-0.2, -0.15) is 0 Å². The highest BCUT2D eigenvalue weighted by Gasteiger charge is 2.22. The second-order valence-electron chi connectivity index (χ2n) is 6.48. The van der Waals surface area contributed by atoms with Gasteiger partial charge in [-0.15, -0.1) is 0 Å². The molecule has 0 radical (unpaired) electrons. The Morgan fingerprint density at radius 2 is 1.50 bits per heavy atom. The van der Waals surface area contributed by atoms with Gasteiger partial charge in [0.25, 0.3) is 5.91 Å². The molecule has 1 saturated heterocycles. The summed E-state index contributed by atoms with van der Waals surface area (Å²) >= 11 is 0. The standard InChI is InChI=1S/C21H23FN2O2/c22-19-10-5-4-7-17(19)11-12-20(25)23-13-6-14-24(16-15-23)21(26)18-8-2-1-3-9-18/h1-5,7-10H,6,11-16H2. The van der Waals surface area contributed by atoms with Gasteiger partial charge in [-0.25, -0.2) is 4.39 Å². The van der Waals surface area contributed by atoms with Crippen molar-refractivity contribution in [1.82, 2.24) is 9.80 Å². The maximum absolute atomic E-state index is 13.7. The summed E-state index contributed by atoms with van der Waals surface area (Å²) < 4.78 is 13.7. The fourth-order valence-corrected chi connectivity index (χ4v) is 3.23. The van der Waals surface area contributed by atoms with Crippen molar-refractivity contribution in [3.05, 3.63) is 71.5 Å². The van der Waals surface area contributed by atoms with Crippen molar-refractivity contribution < 1.29 is 14.0 Å². The summed E-state index contributed by atoms with van der Waals surface area (Å²) in [6.45, 7) is 2.33. The third-order valence-corrected chi connectivity index (χ3v) is 4.72. The Bertz CT molecular complexity index is 764. The molecule has 2 amide bonds. The van der Waals surface area contributed by atoms with E-state index in [1.807, 2.05) is 30.3 Å². The van der Waals surface area contributed by atoms with Crippen LogP contribution in [-0.4, -0.2) is 47.8 Å². The van der Waals surface area contributed by atoms with Crippen LogP contribution in [0.3, 0.4) is 0 Å². The second kappa shape index (κ2) is 8.61. The lowest BCUT2D eigenvalue weighted by Crippen LogP contribution is -2.37. The first kappa shape index (κ1) is 18.1. The number of hydrogen-bond acceptors (Lipinski definition) is 2. The maximum atomic E-state index is 13.7. The van der Waals surface area contributed by atoms with Crippen molar-refractivity contribution in [3.63, 3.8) is 0 Å². The number of benzene rings is 2. The Morgan fingerprint density at radius 3 is 2.27 bits per heavy atom. The predicted octanol–water partition coefficient (Wildman–Crippen LogP) is 3.13. The van der Waals surface area contributed by atoms with Crippen LogP contribution in [-0.2, 0) is 11.2 Å². The molecule has 5 heteroatoms. The Kier molecular flexibility index (Phi) is 6.00. The van der Waals surface area contributed by atoms with Gasteiger partial charge < -0.3 is 9.80 Å². The molecular weight excluding hydrogens is 331 g/mol. The highest BCUT2D eigenvalue weighted by Crippen LogP contribution is 2.13. The monoisotopic (exact) mass is 354 g/mol. The second-order valence-corrected chi connectivity index (χ2v) is 6.48. The Balaban J connectivity index is 1.54. The first-order chi connectivity index (χ1) is 12.6. The molecule has 26 heavy (non-hydrogen) atoms.